The third-order valence-corrected chi connectivity index (χ3v) is 3.82. The molecule has 0 aromatic carbocycles. The third-order valence-electron chi connectivity index (χ3n) is 3.82. The average molecular weight is 241 g/mol. The van der Waals surface area contributed by atoms with E-state index in [1.165, 1.54) is 0 Å². The number of rotatable bonds is 5. The second-order valence-electron chi connectivity index (χ2n) is 5.10. The van der Waals surface area contributed by atoms with Crippen molar-refractivity contribution in [3.63, 3.8) is 0 Å². The first kappa shape index (κ1) is 14.5. The van der Waals surface area contributed by atoms with Gasteiger partial charge in [-0.3, -0.25) is 9.69 Å². The van der Waals surface area contributed by atoms with Crippen molar-refractivity contribution in [2.45, 2.75) is 64.1 Å². The van der Waals surface area contributed by atoms with Crippen LogP contribution in [0.4, 0.5) is 0 Å². The van der Waals surface area contributed by atoms with Gasteiger partial charge >= 0.3 is 0 Å². The van der Waals surface area contributed by atoms with E-state index >= 15 is 0 Å². The van der Waals surface area contributed by atoms with Crippen LogP contribution in [0.1, 0.15) is 46.0 Å². The highest BCUT2D eigenvalue weighted by Crippen LogP contribution is 2.24. The maximum atomic E-state index is 11.8. The third kappa shape index (κ3) is 3.96. The molecule has 1 aliphatic rings. The number of nitrogens with two attached hydrogens (primary N) is 1. The van der Waals surface area contributed by atoms with E-state index in [-0.39, 0.29) is 11.9 Å². The average Bonchev–Trinajstić information content (AvgIpc) is 2.35. The molecule has 0 heterocycles. The second-order valence-corrected chi connectivity index (χ2v) is 5.10. The normalized spacial score (nSPS) is 26.9. The summed E-state index contributed by atoms with van der Waals surface area (Å²) in [5.41, 5.74) is 5.94. The summed E-state index contributed by atoms with van der Waals surface area (Å²) in [6.45, 7) is 5.16. The molecule has 0 radical (unpaired) electrons. The van der Waals surface area contributed by atoms with Crippen molar-refractivity contribution >= 4 is 5.91 Å². The fourth-order valence-electron chi connectivity index (χ4n) is 2.74. The lowest BCUT2D eigenvalue weighted by Crippen LogP contribution is -2.51. The number of nitrogens with zero attached hydrogens (tertiary/aromatic N) is 1. The summed E-state index contributed by atoms with van der Waals surface area (Å²) in [6, 6.07) is 0.867. The fraction of sp³-hybridized carbons (Fsp3) is 0.923. The topological polar surface area (TPSA) is 58.4 Å². The molecular weight excluding hydrogens is 214 g/mol. The first-order valence-electron chi connectivity index (χ1n) is 6.83. The Bertz CT molecular complexity index is 237. The Labute approximate surface area is 105 Å². The van der Waals surface area contributed by atoms with Crippen LogP contribution in [0, 0.1) is 0 Å². The quantitative estimate of drug-likeness (QED) is 0.758. The molecule has 4 heteroatoms. The Morgan fingerprint density at radius 1 is 1.41 bits per heavy atom. The zero-order chi connectivity index (χ0) is 12.8. The van der Waals surface area contributed by atoms with E-state index in [0.717, 1.165) is 38.6 Å². The van der Waals surface area contributed by atoms with Crippen molar-refractivity contribution in [1.29, 1.82) is 0 Å². The lowest BCUT2D eigenvalue weighted by atomic mass is 9.90. The highest BCUT2D eigenvalue weighted by Gasteiger charge is 2.29. The van der Waals surface area contributed by atoms with Crippen molar-refractivity contribution in [2.75, 3.05) is 13.6 Å². The summed E-state index contributed by atoms with van der Waals surface area (Å²) in [6.07, 6.45) is 5.52. The van der Waals surface area contributed by atoms with Gasteiger partial charge in [-0.05, 0) is 45.6 Å². The number of hydrogen-bond donors (Lipinski definition) is 2. The van der Waals surface area contributed by atoms with Crippen molar-refractivity contribution in [2.24, 2.45) is 5.73 Å². The van der Waals surface area contributed by atoms with E-state index in [4.69, 9.17) is 5.73 Å². The van der Waals surface area contributed by atoms with Gasteiger partial charge in [-0.1, -0.05) is 6.92 Å². The van der Waals surface area contributed by atoms with E-state index in [1.54, 1.807) is 7.05 Å². The van der Waals surface area contributed by atoms with Crippen LogP contribution < -0.4 is 11.1 Å². The lowest BCUT2D eigenvalue weighted by molar-refractivity contribution is -0.126. The van der Waals surface area contributed by atoms with Crippen molar-refractivity contribution < 1.29 is 4.79 Å². The number of nitrogens with one attached hydrogen (secondary N) is 1. The van der Waals surface area contributed by atoms with Crippen molar-refractivity contribution in [3.05, 3.63) is 0 Å². The second kappa shape index (κ2) is 6.97. The Hall–Kier alpha value is -0.610. The van der Waals surface area contributed by atoms with Crippen LogP contribution in [0.25, 0.3) is 0 Å². The van der Waals surface area contributed by atoms with Gasteiger partial charge in [0.2, 0.25) is 5.91 Å². The Morgan fingerprint density at radius 2 is 2.00 bits per heavy atom. The maximum absolute atomic E-state index is 11.8. The van der Waals surface area contributed by atoms with Gasteiger partial charge in [0.1, 0.15) is 0 Å². The summed E-state index contributed by atoms with van der Waals surface area (Å²) in [5, 5.41) is 2.75. The monoisotopic (exact) mass is 241 g/mol. The molecule has 1 amide bonds. The van der Waals surface area contributed by atoms with Crippen LogP contribution >= 0.6 is 0 Å². The molecule has 0 bridgehead atoms. The van der Waals surface area contributed by atoms with E-state index in [1.807, 2.05) is 6.92 Å². The Morgan fingerprint density at radius 3 is 2.47 bits per heavy atom. The minimum atomic E-state index is -0.0284. The summed E-state index contributed by atoms with van der Waals surface area (Å²) >= 11 is 0. The van der Waals surface area contributed by atoms with Gasteiger partial charge in [0.15, 0.2) is 0 Å². The molecule has 1 unspecified atom stereocenters. The summed E-state index contributed by atoms with van der Waals surface area (Å²) in [5.74, 6) is 0.119. The van der Waals surface area contributed by atoms with E-state index < -0.39 is 0 Å². The van der Waals surface area contributed by atoms with Gasteiger partial charge in [0.25, 0.3) is 0 Å². The van der Waals surface area contributed by atoms with Gasteiger partial charge in [-0.15, -0.1) is 0 Å². The number of hydrogen-bond acceptors (Lipinski definition) is 3. The smallest absolute Gasteiger partial charge is 0.236 e. The van der Waals surface area contributed by atoms with Crippen LogP contribution in [0.2, 0.25) is 0 Å². The number of carbonyl (C=O) groups is 1. The number of likely N-dealkylation sites (N-methyl/N-ethyl adjacent to an activating group) is 1. The van der Waals surface area contributed by atoms with E-state index in [2.05, 4.69) is 17.1 Å². The predicted molar refractivity (Wildman–Crippen MR) is 70.8 cm³/mol. The van der Waals surface area contributed by atoms with Crippen LogP contribution in [-0.4, -0.2) is 42.5 Å². The first-order chi connectivity index (χ1) is 8.10. The van der Waals surface area contributed by atoms with Crippen LogP contribution in [0.15, 0.2) is 0 Å². The van der Waals surface area contributed by atoms with Crippen LogP contribution in [0.3, 0.4) is 0 Å². The molecule has 0 aromatic heterocycles. The molecule has 0 aromatic rings. The zero-order valence-electron chi connectivity index (χ0n) is 11.4. The van der Waals surface area contributed by atoms with Gasteiger partial charge in [-0.25, -0.2) is 0 Å². The van der Waals surface area contributed by atoms with Crippen molar-refractivity contribution in [1.82, 2.24) is 10.2 Å². The predicted octanol–water partition coefficient (Wildman–Crippen LogP) is 1.10. The molecule has 0 spiro atoms. The molecule has 1 aliphatic carbocycles. The van der Waals surface area contributed by atoms with Gasteiger partial charge < -0.3 is 11.1 Å². The molecule has 1 rings (SSSR count). The minimum Gasteiger partial charge on any atom is -0.358 e. The van der Waals surface area contributed by atoms with Crippen LogP contribution in [0.5, 0.6) is 0 Å². The molecular formula is C13H27N3O. The molecule has 100 valence electrons. The number of carbonyl (C=O) groups excluding carboxylic acids is 1. The highest BCUT2D eigenvalue weighted by molar-refractivity contribution is 5.81. The van der Waals surface area contributed by atoms with E-state index in [9.17, 15) is 4.79 Å². The molecule has 0 saturated heterocycles. The lowest BCUT2D eigenvalue weighted by Gasteiger charge is -2.38. The maximum Gasteiger partial charge on any atom is 0.236 e. The standard InChI is InChI=1S/C13H27N3O/c1-4-9-16(10(2)13(17)15-3)12-7-5-11(14)6-8-12/h10-12H,4-9,14H2,1-3H3,(H,15,17). The first-order valence-corrected chi connectivity index (χ1v) is 6.83. The molecule has 1 atom stereocenters. The van der Waals surface area contributed by atoms with E-state index in [0.29, 0.717) is 12.1 Å². The van der Waals surface area contributed by atoms with Gasteiger partial charge in [0.05, 0.1) is 6.04 Å². The minimum absolute atomic E-state index is 0.0284. The zero-order valence-corrected chi connectivity index (χ0v) is 11.4. The summed E-state index contributed by atoms with van der Waals surface area (Å²) in [4.78, 5) is 14.1. The summed E-state index contributed by atoms with van der Waals surface area (Å²) in [7, 11) is 1.71. The molecule has 17 heavy (non-hydrogen) atoms. The Kier molecular flexibility index (Phi) is 5.92. The molecule has 4 nitrogen and oxygen atoms in total. The highest BCUT2D eigenvalue weighted by atomic mass is 16.2. The fourth-order valence-corrected chi connectivity index (χ4v) is 2.74. The SMILES string of the molecule is CCCN(C1CCC(N)CC1)C(C)C(=O)NC. The van der Waals surface area contributed by atoms with Crippen molar-refractivity contribution in [3.8, 4) is 0 Å². The molecule has 1 saturated carbocycles. The Balaban J connectivity index is 2.61. The number of amides is 1. The molecule has 0 aliphatic heterocycles. The van der Waals surface area contributed by atoms with Gasteiger partial charge in [0, 0.05) is 19.1 Å². The molecule has 3 N–H and O–H groups in total. The van der Waals surface area contributed by atoms with Gasteiger partial charge in [-0.2, -0.15) is 0 Å². The molecule has 1 fully saturated rings. The van der Waals surface area contributed by atoms with Crippen LogP contribution in [-0.2, 0) is 4.79 Å². The summed E-state index contributed by atoms with van der Waals surface area (Å²) < 4.78 is 0. The largest absolute Gasteiger partial charge is 0.358 e.